The van der Waals surface area contributed by atoms with Gasteiger partial charge in [-0.1, -0.05) is 32.8 Å². The standard InChI is InChI=1S/C16H23N3/c1-16(2)9-5-3-8-15(16)17-11-13-12-18-19-10-6-4-7-14(13)19/h4,6-7,10,12,15,17H,3,5,8-9,11H2,1-2H3. The van der Waals surface area contributed by atoms with Gasteiger partial charge in [-0.3, -0.25) is 0 Å². The molecule has 1 N–H and O–H groups in total. The Morgan fingerprint density at radius 1 is 1.37 bits per heavy atom. The van der Waals surface area contributed by atoms with E-state index in [2.05, 4.69) is 36.4 Å². The molecule has 0 aliphatic heterocycles. The maximum absolute atomic E-state index is 4.40. The predicted molar refractivity (Wildman–Crippen MR) is 78.1 cm³/mol. The summed E-state index contributed by atoms with van der Waals surface area (Å²) in [6, 6.07) is 6.85. The number of fused-ring (bicyclic) bond motifs is 1. The summed E-state index contributed by atoms with van der Waals surface area (Å²) in [6.45, 7) is 5.70. The number of rotatable bonds is 3. The second kappa shape index (κ2) is 4.97. The summed E-state index contributed by atoms with van der Waals surface area (Å²) in [4.78, 5) is 0. The van der Waals surface area contributed by atoms with E-state index in [9.17, 15) is 0 Å². The minimum atomic E-state index is 0.418. The number of aromatic nitrogens is 2. The normalized spacial score (nSPS) is 22.7. The van der Waals surface area contributed by atoms with Crippen LogP contribution in [0.1, 0.15) is 45.1 Å². The lowest BCUT2D eigenvalue weighted by Crippen LogP contribution is -2.43. The molecule has 0 radical (unpaired) electrons. The molecule has 1 unspecified atom stereocenters. The van der Waals surface area contributed by atoms with Crippen LogP contribution in [0, 0.1) is 5.41 Å². The first-order valence-electron chi connectivity index (χ1n) is 7.31. The van der Waals surface area contributed by atoms with Gasteiger partial charge < -0.3 is 5.32 Å². The monoisotopic (exact) mass is 257 g/mol. The molecule has 3 rings (SSSR count). The van der Waals surface area contributed by atoms with Crippen LogP contribution in [0.15, 0.2) is 30.6 Å². The van der Waals surface area contributed by atoms with E-state index in [1.807, 2.05) is 23.0 Å². The van der Waals surface area contributed by atoms with Crippen LogP contribution in [0.5, 0.6) is 0 Å². The zero-order chi connectivity index (χ0) is 13.3. The van der Waals surface area contributed by atoms with Crippen LogP contribution in [0.3, 0.4) is 0 Å². The second-order valence-corrected chi connectivity index (χ2v) is 6.37. The highest BCUT2D eigenvalue weighted by molar-refractivity contribution is 5.53. The lowest BCUT2D eigenvalue weighted by Gasteiger charge is -2.39. The first-order chi connectivity index (χ1) is 9.17. The van der Waals surface area contributed by atoms with Gasteiger partial charge in [0.25, 0.3) is 0 Å². The summed E-state index contributed by atoms with van der Waals surface area (Å²) >= 11 is 0. The number of nitrogens with one attached hydrogen (secondary N) is 1. The zero-order valence-electron chi connectivity index (χ0n) is 11.9. The minimum Gasteiger partial charge on any atom is -0.309 e. The molecule has 0 bridgehead atoms. The third kappa shape index (κ3) is 2.52. The molecule has 1 atom stereocenters. The molecule has 3 nitrogen and oxygen atoms in total. The summed E-state index contributed by atoms with van der Waals surface area (Å²) in [5.41, 5.74) is 2.92. The molecule has 1 fully saturated rings. The zero-order valence-corrected chi connectivity index (χ0v) is 11.9. The maximum atomic E-state index is 4.40. The Kier molecular flexibility index (Phi) is 3.31. The second-order valence-electron chi connectivity index (χ2n) is 6.37. The Labute approximate surface area is 115 Å². The van der Waals surface area contributed by atoms with E-state index in [4.69, 9.17) is 0 Å². The fourth-order valence-electron chi connectivity index (χ4n) is 3.23. The van der Waals surface area contributed by atoms with Gasteiger partial charge in [-0.15, -0.1) is 0 Å². The molecular formula is C16H23N3. The molecular weight excluding hydrogens is 234 g/mol. The number of pyridine rings is 1. The van der Waals surface area contributed by atoms with Gasteiger partial charge in [-0.05, 0) is 30.4 Å². The molecule has 0 aromatic carbocycles. The van der Waals surface area contributed by atoms with Crippen molar-refractivity contribution < 1.29 is 0 Å². The van der Waals surface area contributed by atoms with Gasteiger partial charge in [-0.2, -0.15) is 5.10 Å². The van der Waals surface area contributed by atoms with Crippen molar-refractivity contribution in [2.75, 3.05) is 0 Å². The minimum absolute atomic E-state index is 0.418. The number of nitrogens with zero attached hydrogens (tertiary/aromatic N) is 2. The van der Waals surface area contributed by atoms with Crippen LogP contribution < -0.4 is 5.32 Å². The van der Waals surface area contributed by atoms with E-state index in [1.54, 1.807) is 0 Å². The SMILES string of the molecule is CC1(C)CCCCC1NCc1cnn2ccccc12. The van der Waals surface area contributed by atoms with Crippen molar-refractivity contribution in [3.63, 3.8) is 0 Å². The van der Waals surface area contributed by atoms with Gasteiger partial charge in [0.05, 0.1) is 11.7 Å². The summed E-state index contributed by atoms with van der Waals surface area (Å²) < 4.78 is 1.95. The molecule has 0 saturated heterocycles. The third-order valence-corrected chi connectivity index (χ3v) is 4.55. The van der Waals surface area contributed by atoms with E-state index < -0.39 is 0 Å². The molecule has 0 spiro atoms. The third-order valence-electron chi connectivity index (χ3n) is 4.55. The Hall–Kier alpha value is -1.35. The smallest absolute Gasteiger partial charge is 0.0706 e. The van der Waals surface area contributed by atoms with Crippen molar-refractivity contribution in [1.82, 2.24) is 14.9 Å². The van der Waals surface area contributed by atoms with Crippen molar-refractivity contribution in [1.29, 1.82) is 0 Å². The van der Waals surface area contributed by atoms with Gasteiger partial charge >= 0.3 is 0 Å². The van der Waals surface area contributed by atoms with E-state index in [-0.39, 0.29) is 0 Å². The Balaban J connectivity index is 1.72. The van der Waals surface area contributed by atoms with Gasteiger partial charge in [0.15, 0.2) is 0 Å². The van der Waals surface area contributed by atoms with Crippen LogP contribution >= 0.6 is 0 Å². The molecule has 0 amide bonds. The molecule has 2 aromatic heterocycles. The first-order valence-corrected chi connectivity index (χ1v) is 7.31. The Bertz CT molecular complexity index is 556. The van der Waals surface area contributed by atoms with Gasteiger partial charge in [0.1, 0.15) is 0 Å². The molecule has 102 valence electrons. The fourth-order valence-corrected chi connectivity index (χ4v) is 3.23. The highest BCUT2D eigenvalue weighted by Gasteiger charge is 2.31. The number of hydrogen-bond donors (Lipinski definition) is 1. The fraction of sp³-hybridized carbons (Fsp3) is 0.562. The Morgan fingerprint density at radius 3 is 3.11 bits per heavy atom. The molecule has 1 saturated carbocycles. The van der Waals surface area contributed by atoms with Crippen molar-refractivity contribution in [2.24, 2.45) is 5.41 Å². The topological polar surface area (TPSA) is 29.3 Å². The average Bonchev–Trinajstić information content (AvgIpc) is 2.80. The van der Waals surface area contributed by atoms with E-state index in [0.717, 1.165) is 6.54 Å². The lowest BCUT2D eigenvalue weighted by molar-refractivity contribution is 0.167. The average molecular weight is 257 g/mol. The predicted octanol–water partition coefficient (Wildman–Crippen LogP) is 3.39. The molecule has 2 aromatic rings. The van der Waals surface area contributed by atoms with Crippen LogP contribution in [0.2, 0.25) is 0 Å². The highest BCUT2D eigenvalue weighted by Crippen LogP contribution is 2.35. The van der Waals surface area contributed by atoms with Crippen molar-refractivity contribution in [3.05, 3.63) is 36.2 Å². The van der Waals surface area contributed by atoms with Crippen LogP contribution in [-0.4, -0.2) is 15.7 Å². The molecule has 1 aliphatic carbocycles. The summed E-state index contributed by atoms with van der Waals surface area (Å²) in [6.07, 6.45) is 9.35. The van der Waals surface area contributed by atoms with Crippen LogP contribution in [0.4, 0.5) is 0 Å². The first kappa shape index (κ1) is 12.7. The van der Waals surface area contributed by atoms with E-state index in [1.165, 1.54) is 36.8 Å². The Morgan fingerprint density at radius 2 is 2.26 bits per heavy atom. The summed E-state index contributed by atoms with van der Waals surface area (Å²) in [5, 5.41) is 8.15. The van der Waals surface area contributed by atoms with Crippen LogP contribution in [-0.2, 0) is 6.54 Å². The quantitative estimate of drug-likeness (QED) is 0.913. The molecule has 3 heteroatoms. The van der Waals surface area contributed by atoms with Gasteiger partial charge in [-0.25, -0.2) is 4.52 Å². The van der Waals surface area contributed by atoms with Crippen molar-refractivity contribution in [3.8, 4) is 0 Å². The van der Waals surface area contributed by atoms with Crippen molar-refractivity contribution in [2.45, 2.75) is 52.1 Å². The molecule has 19 heavy (non-hydrogen) atoms. The van der Waals surface area contributed by atoms with E-state index >= 15 is 0 Å². The highest BCUT2D eigenvalue weighted by atomic mass is 15.2. The molecule has 2 heterocycles. The maximum Gasteiger partial charge on any atom is 0.0706 e. The lowest BCUT2D eigenvalue weighted by atomic mass is 9.73. The summed E-state index contributed by atoms with van der Waals surface area (Å²) in [5.74, 6) is 0. The summed E-state index contributed by atoms with van der Waals surface area (Å²) in [7, 11) is 0. The van der Waals surface area contributed by atoms with Crippen molar-refractivity contribution >= 4 is 5.52 Å². The van der Waals surface area contributed by atoms with Gasteiger partial charge in [0, 0.05) is 24.3 Å². The largest absolute Gasteiger partial charge is 0.309 e. The number of hydrogen-bond acceptors (Lipinski definition) is 2. The van der Waals surface area contributed by atoms with E-state index in [0.29, 0.717) is 11.5 Å². The van der Waals surface area contributed by atoms with Gasteiger partial charge in [0.2, 0.25) is 0 Å². The molecule has 1 aliphatic rings. The van der Waals surface area contributed by atoms with Crippen LogP contribution in [0.25, 0.3) is 5.52 Å².